The average molecular weight is 1610 g/mol. The summed E-state index contributed by atoms with van der Waals surface area (Å²) in [5.41, 5.74) is 5.03. The van der Waals surface area contributed by atoms with Crippen molar-refractivity contribution < 1.29 is 111 Å². The third-order valence-electron chi connectivity index (χ3n) is 20.8. The van der Waals surface area contributed by atoms with Crippen LogP contribution in [0.5, 0.6) is 0 Å². The maximum Gasteiger partial charge on any atom is 0.341 e. The van der Waals surface area contributed by atoms with Gasteiger partial charge in [-0.3, -0.25) is 57.5 Å². The quantitative estimate of drug-likeness (QED) is 0.0146. The summed E-state index contributed by atoms with van der Waals surface area (Å²) in [6.07, 6.45) is 8.14. The van der Waals surface area contributed by atoms with E-state index in [1.165, 1.54) is 39.4 Å². The highest BCUT2D eigenvalue weighted by Gasteiger charge is 2.76. The number of aliphatic hydroxyl groups is 4. The van der Waals surface area contributed by atoms with E-state index >= 15 is 0 Å². The number of imidazole rings is 1. The first-order valence-electron chi connectivity index (χ1n) is 40.2. The molecule has 114 heavy (non-hydrogen) atoms. The second-order valence-electron chi connectivity index (χ2n) is 31.3. The zero-order valence-electron chi connectivity index (χ0n) is 68.5. The van der Waals surface area contributed by atoms with E-state index in [4.69, 9.17) is 35.2 Å². The Kier molecular flexibility index (Phi) is 40.9. The van der Waals surface area contributed by atoms with Crippen LogP contribution < -0.4 is 54.0 Å². The van der Waals surface area contributed by atoms with Crippen molar-refractivity contribution >= 4 is 83.0 Å². The highest BCUT2D eigenvalue weighted by atomic mass is 16.6. The van der Waals surface area contributed by atoms with Crippen molar-refractivity contribution in [1.29, 1.82) is 0 Å². The lowest BCUT2D eigenvalue weighted by Crippen LogP contribution is -2.64. The number of rotatable bonds is 52. The SMILES string of the molecule is C/C=C(/C)C(=O)O[C@H]1C(C)=C2C([C@@H]1OC(=O)CCCCCCC)[C@@](C)(OC(C)=O)C[C@H](OC(=O)CCCCCCCCCCCNC(=O)[C@H](CC(C)C)NC(=O)C(CCC(N)=O)NC(=O)C(CC(C)C)NC(=O)C(CCCCN)NC(=O)C(CO)NC(=O)C(CO)NC(=O)C(Cc1cnc[nH]1)NC(C)=O)[C@@]1(O)[C@H]2OC(=O)[C@@]1(C)O. The van der Waals surface area contributed by atoms with Crippen LogP contribution in [0.4, 0.5) is 0 Å². The van der Waals surface area contributed by atoms with Gasteiger partial charge in [0.2, 0.25) is 53.2 Å². The summed E-state index contributed by atoms with van der Waals surface area (Å²) < 4.78 is 30.2. The van der Waals surface area contributed by atoms with Crippen molar-refractivity contribution in [3.05, 3.63) is 41.0 Å². The van der Waals surface area contributed by atoms with Crippen LogP contribution in [0.15, 0.2) is 35.3 Å². The monoisotopic (exact) mass is 1610 g/mol. The molecule has 17 N–H and O–H groups in total. The number of allylic oxidation sites excluding steroid dienone is 1. The smallest absolute Gasteiger partial charge is 0.341 e. The number of carbonyl (C=O) groups excluding carboxylic acids is 14. The van der Waals surface area contributed by atoms with Gasteiger partial charge in [0.05, 0.1) is 25.5 Å². The lowest BCUT2D eigenvalue weighted by atomic mass is 9.75. The number of fused-ring (bicyclic) bond motifs is 3. The molecule has 3 aliphatic rings. The van der Waals surface area contributed by atoms with Gasteiger partial charge in [-0.2, -0.15) is 0 Å². The molecule has 7 unspecified atom stereocenters. The molecule has 0 spiro atoms. The number of ether oxygens (including phenoxy) is 5. The van der Waals surface area contributed by atoms with E-state index in [2.05, 4.69) is 59.4 Å². The lowest BCUT2D eigenvalue weighted by Gasteiger charge is -2.41. The zero-order valence-corrected chi connectivity index (χ0v) is 68.5. The molecule has 642 valence electrons. The summed E-state index contributed by atoms with van der Waals surface area (Å²) in [6, 6.07) is -9.91. The molecule has 15 atom stereocenters. The van der Waals surface area contributed by atoms with Gasteiger partial charge in [-0.1, -0.05) is 111 Å². The first kappa shape index (κ1) is 97.4. The standard InChI is InChI=1S/C79H128N12O23/c1-13-15-16-22-25-32-62(98)111-66-64-63(48(8)65(66)112-75(106)47(7)14-2)67-79(109,78(12,108)76(107)113-67)59(40-77(64,11)114-50(10)95)110-61(97)31-26-23-20-18-17-19-21-24-29-36-83-68(99)54(37-45(3)4)88-70(101)53(33-34-60(81)96)87-71(102)55(38-46(5)6)89-69(100)52(30-27-28-35-80)86-73(104)57(42-92)91-74(105)58(43-93)90-72(103)56(85-49(9)94)39-51-41-82-44-84-51/h14,41,44-46,52-59,64-67,92-93,108-109H,13,15-40,42-43,80H2,1-12H3,(H2,81,96)(H,82,84)(H,83,99)(H,85,94)(H,86,104)(H,87,102)(H,88,101)(H,89,100)(H,90,103)(H,91,105)/b47-14-/t52?,53?,54-,55?,56?,57?,58?,59-,64?,65-,66-,67-,77-,78+,79+/m0/s1. The van der Waals surface area contributed by atoms with Crippen LogP contribution in [0.1, 0.15) is 243 Å². The minimum absolute atomic E-state index is 0.00186. The van der Waals surface area contributed by atoms with E-state index in [1.807, 2.05) is 13.8 Å². The molecule has 1 saturated heterocycles. The van der Waals surface area contributed by atoms with Crippen molar-refractivity contribution in [3.63, 3.8) is 0 Å². The fraction of sp³-hybridized carbons (Fsp3) is 0.734. The van der Waals surface area contributed by atoms with Crippen LogP contribution in [0, 0.1) is 17.8 Å². The molecule has 4 rings (SSSR count). The topological polar surface area (TPSA) is 543 Å². The van der Waals surface area contributed by atoms with E-state index in [0.29, 0.717) is 37.8 Å². The second-order valence-corrected chi connectivity index (χ2v) is 31.3. The van der Waals surface area contributed by atoms with Gasteiger partial charge in [-0.15, -0.1) is 0 Å². The first-order valence-corrected chi connectivity index (χ1v) is 40.2. The van der Waals surface area contributed by atoms with Gasteiger partial charge in [0.25, 0.3) is 0 Å². The molecular weight excluding hydrogens is 1480 g/mol. The molecule has 1 aromatic rings. The van der Waals surface area contributed by atoms with Gasteiger partial charge >= 0.3 is 29.8 Å². The Morgan fingerprint density at radius 1 is 0.623 bits per heavy atom. The molecular formula is C79H128N12O23. The van der Waals surface area contributed by atoms with E-state index in [9.17, 15) is 87.5 Å². The minimum atomic E-state index is -2.70. The zero-order chi connectivity index (χ0) is 85.2. The Morgan fingerprint density at radius 3 is 1.60 bits per heavy atom. The number of nitrogens with two attached hydrogens (primary N) is 2. The lowest BCUT2D eigenvalue weighted by molar-refractivity contribution is -0.212. The van der Waals surface area contributed by atoms with Gasteiger partial charge in [0, 0.05) is 70.0 Å². The van der Waals surface area contributed by atoms with Crippen LogP contribution in [-0.4, -0.2) is 223 Å². The molecule has 35 nitrogen and oxygen atoms in total. The van der Waals surface area contributed by atoms with E-state index in [0.717, 1.165) is 78.1 Å². The van der Waals surface area contributed by atoms with Crippen molar-refractivity contribution in [2.75, 3.05) is 26.3 Å². The normalized spacial score (nSPS) is 22.3. The minimum Gasteiger partial charge on any atom is -0.459 e. The van der Waals surface area contributed by atoms with Gasteiger partial charge in [0.1, 0.15) is 54.0 Å². The number of hydrogen-bond acceptors (Lipinski definition) is 25. The van der Waals surface area contributed by atoms with E-state index < -0.39 is 192 Å². The number of aromatic nitrogens is 2. The average Bonchev–Trinajstić information content (AvgIpc) is 1.52. The molecule has 2 heterocycles. The maximum absolute atomic E-state index is 14.3. The Hall–Kier alpha value is -8.93. The van der Waals surface area contributed by atoms with E-state index in [-0.39, 0.29) is 99.4 Å². The molecule has 2 fully saturated rings. The summed E-state index contributed by atoms with van der Waals surface area (Å²) in [5, 5.41) is 65.7. The molecule has 1 aliphatic heterocycles. The number of nitrogens with one attached hydrogen (secondary N) is 9. The number of H-pyrrole nitrogens is 1. The number of esters is 5. The highest BCUT2D eigenvalue weighted by Crippen LogP contribution is 2.58. The van der Waals surface area contributed by atoms with Gasteiger partial charge in [-0.25, -0.2) is 14.6 Å². The number of aromatic amines is 1. The number of primary amides is 1. The number of nitrogens with zero attached hydrogens (tertiary/aromatic N) is 1. The highest BCUT2D eigenvalue weighted by molar-refractivity contribution is 5.98. The van der Waals surface area contributed by atoms with Crippen LogP contribution in [0.3, 0.4) is 0 Å². The fourth-order valence-corrected chi connectivity index (χ4v) is 14.5. The van der Waals surface area contributed by atoms with Crippen molar-refractivity contribution in [3.8, 4) is 0 Å². The van der Waals surface area contributed by atoms with Gasteiger partial charge in [0.15, 0.2) is 29.5 Å². The number of hydrogen-bond donors (Lipinski definition) is 15. The van der Waals surface area contributed by atoms with Gasteiger partial charge < -0.3 is 103 Å². The summed E-state index contributed by atoms with van der Waals surface area (Å²) in [6.45, 7) is 17.4. The molecule has 2 aliphatic carbocycles. The fourth-order valence-electron chi connectivity index (χ4n) is 14.5. The number of unbranched alkanes of at least 4 members (excludes halogenated alkanes) is 13. The van der Waals surface area contributed by atoms with Crippen LogP contribution in [0.2, 0.25) is 0 Å². The van der Waals surface area contributed by atoms with E-state index in [1.54, 1.807) is 27.7 Å². The van der Waals surface area contributed by atoms with Crippen molar-refractivity contribution in [2.45, 2.75) is 327 Å². The Morgan fingerprint density at radius 2 is 1.11 bits per heavy atom. The van der Waals surface area contributed by atoms with Gasteiger partial charge in [-0.05, 0) is 122 Å². The Labute approximate surface area is 667 Å². The Bertz CT molecular complexity index is 3470. The van der Waals surface area contributed by atoms with Crippen molar-refractivity contribution in [1.82, 2.24) is 52.5 Å². The van der Waals surface area contributed by atoms with Crippen molar-refractivity contribution in [2.24, 2.45) is 29.2 Å². The largest absolute Gasteiger partial charge is 0.459 e. The number of aliphatic hydroxyl groups excluding tert-OH is 2. The third kappa shape index (κ3) is 29.4. The summed E-state index contributed by atoms with van der Waals surface area (Å²) in [4.78, 5) is 196. The maximum atomic E-state index is 14.3. The molecule has 0 radical (unpaired) electrons. The second kappa shape index (κ2) is 47.8. The van der Waals surface area contributed by atoms with Crippen LogP contribution >= 0.6 is 0 Å². The molecule has 0 bridgehead atoms. The molecule has 0 aromatic carbocycles. The predicted molar refractivity (Wildman–Crippen MR) is 414 cm³/mol. The molecule has 1 saturated carbocycles. The summed E-state index contributed by atoms with van der Waals surface area (Å²) in [5.74, 6) is -13.2. The first-order chi connectivity index (χ1) is 53.8. The number of carbonyl (C=O) groups is 14. The summed E-state index contributed by atoms with van der Waals surface area (Å²) >= 11 is 0. The molecule has 1 aromatic heterocycles. The predicted octanol–water partition coefficient (Wildman–Crippen LogP) is 2.00. The van der Waals surface area contributed by atoms with Crippen LogP contribution in [-0.2, 0) is 97.2 Å². The Balaban J connectivity index is 1.33. The molecule has 9 amide bonds. The third-order valence-corrected chi connectivity index (χ3v) is 20.8. The van der Waals surface area contributed by atoms with Crippen LogP contribution in [0.25, 0.3) is 0 Å². The number of amides is 9. The summed E-state index contributed by atoms with van der Waals surface area (Å²) in [7, 11) is 0. The molecule has 35 heteroatoms.